The van der Waals surface area contributed by atoms with Crippen molar-refractivity contribution >= 4 is 8.32 Å². The largest absolute Gasteiger partial charge is 0.414 e. The maximum absolute atomic E-state index is 11.6. The molecule has 0 unspecified atom stereocenters. The van der Waals surface area contributed by atoms with E-state index in [0.717, 1.165) is 22.3 Å². The lowest BCUT2D eigenvalue weighted by Crippen LogP contribution is -2.48. The zero-order valence-corrected chi connectivity index (χ0v) is 34.4. The van der Waals surface area contributed by atoms with Gasteiger partial charge in [0, 0.05) is 0 Å². The molecule has 0 saturated carbocycles. The lowest BCUT2D eigenvalue weighted by molar-refractivity contribution is -0.230. The van der Waals surface area contributed by atoms with Crippen LogP contribution in [0.4, 0.5) is 0 Å². The van der Waals surface area contributed by atoms with E-state index in [9.17, 15) is 10.2 Å². The molecule has 0 aliphatic carbocycles. The van der Waals surface area contributed by atoms with Crippen LogP contribution in [0.3, 0.4) is 0 Å². The summed E-state index contributed by atoms with van der Waals surface area (Å²) in [6.07, 6.45) is -5.94. The maximum Gasteiger partial charge on any atom is 0.192 e. The fourth-order valence-electron chi connectivity index (χ4n) is 5.97. The molecule has 1 fully saturated rings. The molecule has 1 aliphatic rings. The van der Waals surface area contributed by atoms with Crippen LogP contribution in [0.1, 0.15) is 43.0 Å². The molecule has 304 valence electrons. The van der Waals surface area contributed by atoms with Crippen LogP contribution in [-0.2, 0) is 64.0 Å². The van der Waals surface area contributed by atoms with Crippen molar-refractivity contribution in [1.82, 2.24) is 0 Å². The summed E-state index contributed by atoms with van der Waals surface area (Å²) in [5.74, 6) is 0. The van der Waals surface area contributed by atoms with Crippen molar-refractivity contribution in [1.29, 1.82) is 0 Å². The van der Waals surface area contributed by atoms with Crippen molar-refractivity contribution in [2.24, 2.45) is 0 Å². The Morgan fingerprint density at radius 1 is 0.643 bits per heavy atom. The van der Waals surface area contributed by atoms with Crippen LogP contribution >= 0.6 is 0 Å². The highest BCUT2D eigenvalue weighted by atomic mass is 28.4. The minimum absolute atomic E-state index is 0.0302. The van der Waals surface area contributed by atoms with Crippen molar-refractivity contribution in [3.63, 3.8) is 0 Å². The molecular weight excluding hydrogens is 729 g/mol. The zero-order valence-electron chi connectivity index (χ0n) is 33.4. The summed E-state index contributed by atoms with van der Waals surface area (Å²) < 4.78 is 50.9. The molecular formula is C45H60O10Si. The van der Waals surface area contributed by atoms with Crippen LogP contribution < -0.4 is 0 Å². The summed E-state index contributed by atoms with van der Waals surface area (Å²) in [6.45, 7) is 11.7. The van der Waals surface area contributed by atoms with Gasteiger partial charge in [-0.3, -0.25) is 0 Å². The second-order valence-electron chi connectivity index (χ2n) is 15.6. The quantitative estimate of drug-likeness (QED) is 0.0448. The van der Waals surface area contributed by atoms with E-state index >= 15 is 0 Å². The maximum atomic E-state index is 11.6. The Hall–Kier alpha value is -3.30. The van der Waals surface area contributed by atoms with E-state index < -0.39 is 51.2 Å². The minimum atomic E-state index is -2.17. The molecule has 0 aromatic heterocycles. The second-order valence-corrected chi connectivity index (χ2v) is 20.4. The van der Waals surface area contributed by atoms with Crippen LogP contribution in [0.2, 0.25) is 18.1 Å². The number of hydrogen-bond donors (Lipinski definition) is 2. The summed E-state index contributed by atoms with van der Waals surface area (Å²) in [5.41, 5.74) is 3.87. The van der Waals surface area contributed by atoms with E-state index in [2.05, 4.69) is 33.9 Å². The first-order chi connectivity index (χ1) is 27.0. The number of ether oxygens (including phenoxy) is 7. The molecule has 0 spiro atoms. The molecule has 5 rings (SSSR count). The van der Waals surface area contributed by atoms with Crippen LogP contribution in [0.25, 0.3) is 0 Å². The van der Waals surface area contributed by atoms with Gasteiger partial charge in [-0.15, -0.1) is 0 Å². The standard InChI is InChI=1S/C45H60O10Si/c1-45(2,3)56(4,5)54-32-39-41(47)43(53-33-48-27-34-18-10-6-11-19-34)44(55-39)52-31-40(50-29-36-22-14-8-15-23-36)42(51-30-37-24-16-9-17-25-37)38(26-46)49-28-35-20-12-7-13-21-35/h6-25,38-44,46-47H,26-33H2,1-5H3/t38-,39-,40+,41-,42-,43-,44-/m1/s1. The molecule has 1 heterocycles. The van der Waals surface area contributed by atoms with Gasteiger partial charge in [-0.2, -0.15) is 0 Å². The molecule has 7 atom stereocenters. The Morgan fingerprint density at radius 3 is 1.59 bits per heavy atom. The molecule has 0 bridgehead atoms. The SMILES string of the molecule is CC(C)(C)[Si](C)(C)OC[C@H]1O[C@@H](OC[C@H](OCc2ccccc2)[C@H](OCc2ccccc2)[C@@H](CO)OCc2ccccc2)[C@H](OCOCc2ccccc2)[C@@H]1O. The highest BCUT2D eigenvalue weighted by Gasteiger charge is 2.48. The van der Waals surface area contributed by atoms with Gasteiger partial charge in [0.1, 0.15) is 43.4 Å². The molecule has 4 aromatic rings. The first-order valence-electron chi connectivity index (χ1n) is 19.4. The van der Waals surface area contributed by atoms with Gasteiger partial charge in [0.25, 0.3) is 0 Å². The molecule has 56 heavy (non-hydrogen) atoms. The number of aliphatic hydroxyl groups excluding tert-OH is 2. The third kappa shape index (κ3) is 13.4. The predicted molar refractivity (Wildman–Crippen MR) is 217 cm³/mol. The smallest absolute Gasteiger partial charge is 0.192 e. The van der Waals surface area contributed by atoms with Gasteiger partial charge in [-0.25, -0.2) is 0 Å². The van der Waals surface area contributed by atoms with Crippen LogP contribution in [0.15, 0.2) is 121 Å². The molecule has 10 nitrogen and oxygen atoms in total. The fraction of sp³-hybridized carbons (Fsp3) is 0.467. The number of hydrogen-bond acceptors (Lipinski definition) is 10. The van der Waals surface area contributed by atoms with Crippen molar-refractivity contribution in [3.8, 4) is 0 Å². The Bertz CT molecular complexity index is 1640. The van der Waals surface area contributed by atoms with E-state index in [0.29, 0.717) is 6.61 Å². The third-order valence-electron chi connectivity index (χ3n) is 10.4. The van der Waals surface area contributed by atoms with Gasteiger partial charge in [0.15, 0.2) is 14.6 Å². The van der Waals surface area contributed by atoms with Gasteiger partial charge in [0.05, 0.1) is 46.2 Å². The summed E-state index contributed by atoms with van der Waals surface area (Å²) in [5, 5.41) is 22.4. The average molecular weight is 789 g/mol. The van der Waals surface area contributed by atoms with E-state index in [1.807, 2.05) is 121 Å². The predicted octanol–water partition coefficient (Wildman–Crippen LogP) is 7.42. The lowest BCUT2D eigenvalue weighted by atomic mass is 10.1. The average Bonchev–Trinajstić information content (AvgIpc) is 3.51. The van der Waals surface area contributed by atoms with Gasteiger partial charge in [-0.1, -0.05) is 142 Å². The number of benzene rings is 4. The van der Waals surface area contributed by atoms with E-state index in [1.165, 1.54) is 0 Å². The Morgan fingerprint density at radius 2 is 1.11 bits per heavy atom. The molecule has 1 saturated heterocycles. The molecule has 4 aromatic carbocycles. The lowest BCUT2D eigenvalue weighted by Gasteiger charge is -2.37. The molecule has 11 heteroatoms. The minimum Gasteiger partial charge on any atom is -0.414 e. The Labute approximate surface area is 333 Å². The van der Waals surface area contributed by atoms with E-state index in [4.69, 9.17) is 37.6 Å². The van der Waals surface area contributed by atoms with E-state index in [-0.39, 0.29) is 51.5 Å². The molecule has 0 amide bonds. The van der Waals surface area contributed by atoms with Crippen LogP contribution in [-0.4, -0.2) is 88.1 Å². The summed E-state index contributed by atoms with van der Waals surface area (Å²) in [4.78, 5) is 0. The Kier molecular flexibility index (Phi) is 17.2. The zero-order chi connectivity index (χ0) is 39.8. The van der Waals surface area contributed by atoms with Crippen molar-refractivity contribution < 1.29 is 47.8 Å². The molecule has 1 aliphatic heterocycles. The molecule has 2 N–H and O–H groups in total. The Balaban J connectivity index is 1.36. The third-order valence-corrected chi connectivity index (χ3v) is 14.9. The van der Waals surface area contributed by atoms with E-state index in [1.54, 1.807) is 0 Å². The highest BCUT2D eigenvalue weighted by molar-refractivity contribution is 6.74. The first-order valence-corrected chi connectivity index (χ1v) is 22.3. The summed E-state index contributed by atoms with van der Waals surface area (Å²) >= 11 is 0. The monoisotopic (exact) mass is 788 g/mol. The van der Waals surface area contributed by atoms with Gasteiger partial charge in [-0.05, 0) is 40.4 Å². The second kappa shape index (κ2) is 22.0. The topological polar surface area (TPSA) is 114 Å². The fourth-order valence-corrected chi connectivity index (χ4v) is 6.99. The van der Waals surface area contributed by atoms with Gasteiger partial charge in [0.2, 0.25) is 0 Å². The highest BCUT2D eigenvalue weighted by Crippen LogP contribution is 2.37. The van der Waals surface area contributed by atoms with Crippen molar-refractivity contribution in [2.45, 2.75) is 108 Å². The van der Waals surface area contributed by atoms with Crippen LogP contribution in [0.5, 0.6) is 0 Å². The number of aliphatic hydroxyl groups is 2. The summed E-state index contributed by atoms with van der Waals surface area (Å²) in [6, 6.07) is 39.2. The van der Waals surface area contributed by atoms with Gasteiger partial charge >= 0.3 is 0 Å². The van der Waals surface area contributed by atoms with Crippen molar-refractivity contribution in [3.05, 3.63) is 144 Å². The van der Waals surface area contributed by atoms with Gasteiger partial charge < -0.3 is 47.8 Å². The van der Waals surface area contributed by atoms with Crippen molar-refractivity contribution in [2.75, 3.05) is 26.6 Å². The normalized spacial score (nSPS) is 20.5. The first kappa shape index (κ1) is 43.8. The molecule has 0 radical (unpaired) electrons. The number of rotatable bonds is 23. The van der Waals surface area contributed by atoms with Crippen LogP contribution in [0, 0.1) is 0 Å². The summed E-state index contributed by atoms with van der Waals surface area (Å²) in [7, 11) is -2.17.